The lowest BCUT2D eigenvalue weighted by Crippen LogP contribution is -2.19. The Labute approximate surface area is 135 Å². The first-order chi connectivity index (χ1) is 10.5. The average Bonchev–Trinajstić information content (AvgIpc) is 2.48. The summed E-state index contributed by atoms with van der Waals surface area (Å²) in [6.07, 6.45) is 0. The molecule has 5 heteroatoms. The van der Waals surface area contributed by atoms with Gasteiger partial charge in [0.2, 0.25) is 5.91 Å². The number of carbonyl (C=O) groups excluding carboxylic acids is 1. The predicted octanol–water partition coefficient (Wildman–Crippen LogP) is 3.72. The zero-order chi connectivity index (χ0) is 16.1. The molecule has 0 aliphatic heterocycles. The van der Waals surface area contributed by atoms with Gasteiger partial charge in [-0.2, -0.15) is 0 Å². The summed E-state index contributed by atoms with van der Waals surface area (Å²) in [6.45, 7) is 4.31. The number of carbonyl (C=O) groups is 1. The largest absolute Gasteiger partial charge is 0.366 e. The van der Waals surface area contributed by atoms with Crippen LogP contribution in [0.2, 0.25) is 0 Å². The second kappa shape index (κ2) is 7.04. The molecule has 4 N–H and O–H groups in total. The third-order valence-corrected chi connectivity index (χ3v) is 3.47. The first-order valence-corrected chi connectivity index (χ1v) is 7.44. The molecule has 0 saturated heterocycles. The minimum absolute atomic E-state index is 0.447. The fraction of sp³-hybridized carbons (Fsp3) is 0.176. The Morgan fingerprint density at radius 2 is 1.41 bits per heavy atom. The van der Waals surface area contributed by atoms with E-state index in [0.717, 1.165) is 11.4 Å². The number of primary amides is 1. The van der Waals surface area contributed by atoms with Crippen molar-refractivity contribution < 1.29 is 4.79 Å². The van der Waals surface area contributed by atoms with Gasteiger partial charge in [0.1, 0.15) is 0 Å². The molecule has 2 rings (SSSR count). The lowest BCUT2D eigenvalue weighted by molar-refractivity contribution is 0.100. The number of benzene rings is 2. The summed E-state index contributed by atoms with van der Waals surface area (Å²) in [5.74, 6) is 0.0559. The highest BCUT2D eigenvalue weighted by molar-refractivity contribution is 7.80. The van der Waals surface area contributed by atoms with E-state index in [2.05, 4.69) is 36.6 Å². The molecule has 0 spiro atoms. The normalized spacial score (nSPS) is 10.3. The second-order valence-corrected chi connectivity index (χ2v) is 5.71. The molecular formula is C17H19N3OS. The highest BCUT2D eigenvalue weighted by atomic mass is 32.1. The number of anilines is 2. The van der Waals surface area contributed by atoms with Crippen LogP contribution in [0.4, 0.5) is 11.4 Å². The number of hydrogen-bond acceptors (Lipinski definition) is 2. The zero-order valence-electron chi connectivity index (χ0n) is 12.6. The Balaban J connectivity index is 1.96. The van der Waals surface area contributed by atoms with Crippen LogP contribution in [0.25, 0.3) is 0 Å². The summed E-state index contributed by atoms with van der Waals surface area (Å²) in [5, 5.41) is 6.67. The first-order valence-electron chi connectivity index (χ1n) is 7.03. The van der Waals surface area contributed by atoms with Crippen LogP contribution in [0.3, 0.4) is 0 Å². The Kier molecular flexibility index (Phi) is 5.12. The van der Waals surface area contributed by atoms with E-state index < -0.39 is 5.91 Å². The minimum Gasteiger partial charge on any atom is -0.366 e. The van der Waals surface area contributed by atoms with Gasteiger partial charge < -0.3 is 16.4 Å². The van der Waals surface area contributed by atoms with E-state index in [-0.39, 0.29) is 0 Å². The van der Waals surface area contributed by atoms with Crippen molar-refractivity contribution in [2.45, 2.75) is 19.8 Å². The average molecular weight is 313 g/mol. The third kappa shape index (κ3) is 4.30. The molecule has 0 saturated carbocycles. The van der Waals surface area contributed by atoms with Crippen molar-refractivity contribution >= 4 is 34.6 Å². The molecule has 0 unspecified atom stereocenters. The van der Waals surface area contributed by atoms with E-state index in [9.17, 15) is 4.79 Å². The Hall–Kier alpha value is -2.40. The molecule has 1 amide bonds. The molecule has 0 fully saturated rings. The monoisotopic (exact) mass is 313 g/mol. The third-order valence-electron chi connectivity index (χ3n) is 3.26. The van der Waals surface area contributed by atoms with Crippen molar-refractivity contribution in [2.75, 3.05) is 10.6 Å². The van der Waals surface area contributed by atoms with Gasteiger partial charge in [-0.1, -0.05) is 26.0 Å². The number of thiocarbonyl (C=S) groups is 1. The van der Waals surface area contributed by atoms with E-state index >= 15 is 0 Å². The predicted molar refractivity (Wildman–Crippen MR) is 95.3 cm³/mol. The van der Waals surface area contributed by atoms with Crippen LogP contribution < -0.4 is 16.4 Å². The summed E-state index contributed by atoms with van der Waals surface area (Å²) in [7, 11) is 0. The summed E-state index contributed by atoms with van der Waals surface area (Å²) in [5.41, 5.74) is 8.67. The van der Waals surface area contributed by atoms with Crippen LogP contribution >= 0.6 is 12.2 Å². The molecule has 114 valence electrons. The first kappa shape index (κ1) is 16.0. The number of rotatable bonds is 4. The van der Waals surface area contributed by atoms with E-state index in [1.807, 2.05) is 12.1 Å². The van der Waals surface area contributed by atoms with Gasteiger partial charge in [0.05, 0.1) is 0 Å². The van der Waals surface area contributed by atoms with Crippen LogP contribution in [-0.4, -0.2) is 11.0 Å². The van der Waals surface area contributed by atoms with Gasteiger partial charge >= 0.3 is 0 Å². The fourth-order valence-corrected chi connectivity index (χ4v) is 2.20. The number of amides is 1. The van der Waals surface area contributed by atoms with Crippen molar-refractivity contribution in [1.82, 2.24) is 0 Å². The van der Waals surface area contributed by atoms with Crippen molar-refractivity contribution in [3.63, 3.8) is 0 Å². The smallest absolute Gasteiger partial charge is 0.248 e. The molecule has 2 aromatic rings. The van der Waals surface area contributed by atoms with Crippen LogP contribution in [0.5, 0.6) is 0 Å². The van der Waals surface area contributed by atoms with Crippen molar-refractivity contribution in [3.05, 3.63) is 59.7 Å². The molecule has 0 atom stereocenters. The highest BCUT2D eigenvalue weighted by Crippen LogP contribution is 2.17. The van der Waals surface area contributed by atoms with Crippen LogP contribution in [0, 0.1) is 0 Å². The number of nitrogens with two attached hydrogens (primary N) is 1. The van der Waals surface area contributed by atoms with Crippen LogP contribution in [-0.2, 0) is 0 Å². The highest BCUT2D eigenvalue weighted by Gasteiger charge is 2.03. The lowest BCUT2D eigenvalue weighted by Gasteiger charge is -2.12. The number of hydrogen-bond donors (Lipinski definition) is 3. The molecule has 0 aromatic heterocycles. The van der Waals surface area contributed by atoms with Gasteiger partial charge in [-0.3, -0.25) is 4.79 Å². The quantitative estimate of drug-likeness (QED) is 0.753. The lowest BCUT2D eigenvalue weighted by atomic mass is 10.0. The summed E-state index contributed by atoms with van der Waals surface area (Å²) in [6, 6.07) is 15.0. The molecule has 4 nitrogen and oxygen atoms in total. The van der Waals surface area contributed by atoms with E-state index in [0.29, 0.717) is 16.6 Å². The van der Waals surface area contributed by atoms with Crippen molar-refractivity contribution in [2.24, 2.45) is 5.73 Å². The SMILES string of the molecule is CC(C)c1ccc(NC(=S)Nc2ccc(C(N)=O)cc2)cc1. The standard InChI is InChI=1S/C17H19N3OS/c1-11(2)12-3-7-14(8-4-12)19-17(22)20-15-9-5-13(6-10-15)16(18)21/h3-11H,1-2H3,(H2,18,21)(H2,19,20,22). The van der Waals surface area contributed by atoms with E-state index in [1.165, 1.54) is 5.56 Å². The van der Waals surface area contributed by atoms with E-state index in [1.54, 1.807) is 24.3 Å². The summed E-state index contributed by atoms with van der Waals surface area (Å²) in [4.78, 5) is 11.0. The maximum atomic E-state index is 11.0. The van der Waals surface area contributed by atoms with E-state index in [4.69, 9.17) is 18.0 Å². The van der Waals surface area contributed by atoms with Gasteiger partial charge in [-0.25, -0.2) is 0 Å². The topological polar surface area (TPSA) is 67.2 Å². The summed E-state index contributed by atoms with van der Waals surface area (Å²) >= 11 is 5.27. The molecule has 0 radical (unpaired) electrons. The summed E-state index contributed by atoms with van der Waals surface area (Å²) < 4.78 is 0. The Morgan fingerprint density at radius 3 is 1.82 bits per heavy atom. The molecular weight excluding hydrogens is 294 g/mol. The fourth-order valence-electron chi connectivity index (χ4n) is 1.96. The molecule has 0 aliphatic carbocycles. The number of nitrogens with one attached hydrogen (secondary N) is 2. The van der Waals surface area contributed by atoms with Gasteiger partial charge in [0.25, 0.3) is 0 Å². The van der Waals surface area contributed by atoms with Crippen molar-refractivity contribution in [3.8, 4) is 0 Å². The van der Waals surface area contributed by atoms with Crippen LogP contribution in [0.15, 0.2) is 48.5 Å². The van der Waals surface area contributed by atoms with Gasteiger partial charge in [0, 0.05) is 16.9 Å². The van der Waals surface area contributed by atoms with Crippen LogP contribution in [0.1, 0.15) is 35.7 Å². The zero-order valence-corrected chi connectivity index (χ0v) is 13.4. The molecule has 2 aromatic carbocycles. The molecule has 22 heavy (non-hydrogen) atoms. The Bertz CT molecular complexity index is 663. The molecule has 0 aliphatic rings. The Morgan fingerprint density at radius 1 is 0.955 bits per heavy atom. The maximum Gasteiger partial charge on any atom is 0.248 e. The molecule has 0 heterocycles. The van der Waals surface area contributed by atoms with Gasteiger partial charge in [-0.05, 0) is 60.1 Å². The van der Waals surface area contributed by atoms with Gasteiger partial charge in [-0.15, -0.1) is 0 Å². The second-order valence-electron chi connectivity index (χ2n) is 5.30. The maximum absolute atomic E-state index is 11.0. The van der Waals surface area contributed by atoms with Crippen molar-refractivity contribution in [1.29, 1.82) is 0 Å². The molecule has 0 bridgehead atoms. The minimum atomic E-state index is -0.447. The van der Waals surface area contributed by atoms with Gasteiger partial charge in [0.15, 0.2) is 5.11 Å².